The number of benzene rings is 2. The van der Waals surface area contributed by atoms with E-state index in [9.17, 15) is 4.79 Å². The lowest BCUT2D eigenvalue weighted by Gasteiger charge is -2.15. The van der Waals surface area contributed by atoms with Crippen molar-refractivity contribution in [3.63, 3.8) is 0 Å². The van der Waals surface area contributed by atoms with Crippen LogP contribution < -0.4 is 24.3 Å². The van der Waals surface area contributed by atoms with Gasteiger partial charge < -0.3 is 24.3 Å². The fourth-order valence-corrected chi connectivity index (χ4v) is 2.20. The molecule has 0 atom stereocenters. The zero-order valence-electron chi connectivity index (χ0n) is 14.2. The van der Waals surface area contributed by atoms with Crippen molar-refractivity contribution in [1.82, 2.24) is 0 Å². The van der Waals surface area contributed by atoms with Crippen molar-refractivity contribution < 1.29 is 23.7 Å². The minimum Gasteiger partial charge on any atom is -0.495 e. The summed E-state index contributed by atoms with van der Waals surface area (Å²) in [6, 6.07) is 10.8. The molecule has 0 bridgehead atoms. The first-order valence-corrected chi connectivity index (χ1v) is 7.37. The number of hydrogen-bond donors (Lipinski definition) is 1. The number of para-hydroxylation sites is 1. The van der Waals surface area contributed by atoms with Crippen molar-refractivity contribution in [3.05, 3.63) is 42.0 Å². The molecular formula is C18H21NO5. The maximum absolute atomic E-state index is 12.2. The van der Waals surface area contributed by atoms with Crippen molar-refractivity contribution in [2.45, 2.75) is 6.92 Å². The lowest BCUT2D eigenvalue weighted by Crippen LogP contribution is -2.21. The van der Waals surface area contributed by atoms with Crippen LogP contribution in [0.5, 0.6) is 23.0 Å². The summed E-state index contributed by atoms with van der Waals surface area (Å²) < 4.78 is 21.3. The highest BCUT2D eigenvalue weighted by molar-refractivity contribution is 5.93. The summed E-state index contributed by atoms with van der Waals surface area (Å²) in [6.07, 6.45) is 0. The van der Waals surface area contributed by atoms with E-state index in [4.69, 9.17) is 18.9 Å². The van der Waals surface area contributed by atoms with Gasteiger partial charge >= 0.3 is 0 Å². The van der Waals surface area contributed by atoms with E-state index < -0.39 is 0 Å². The second-order valence-electron chi connectivity index (χ2n) is 5.03. The minimum atomic E-state index is -0.313. The van der Waals surface area contributed by atoms with E-state index in [0.717, 1.165) is 5.56 Å². The first-order valence-electron chi connectivity index (χ1n) is 7.37. The summed E-state index contributed by atoms with van der Waals surface area (Å²) in [5.41, 5.74) is 1.61. The lowest BCUT2D eigenvalue weighted by molar-refractivity contribution is -0.118. The molecule has 0 saturated carbocycles. The molecule has 0 aliphatic carbocycles. The molecule has 24 heavy (non-hydrogen) atoms. The van der Waals surface area contributed by atoms with E-state index >= 15 is 0 Å². The quantitative estimate of drug-likeness (QED) is 0.845. The van der Waals surface area contributed by atoms with Crippen molar-refractivity contribution in [1.29, 1.82) is 0 Å². The van der Waals surface area contributed by atoms with E-state index in [2.05, 4.69) is 5.32 Å². The Morgan fingerprint density at radius 3 is 2.17 bits per heavy atom. The van der Waals surface area contributed by atoms with Gasteiger partial charge in [-0.25, -0.2) is 0 Å². The van der Waals surface area contributed by atoms with Gasteiger partial charge in [-0.15, -0.1) is 0 Å². The number of carbonyl (C=O) groups excluding carboxylic acids is 1. The van der Waals surface area contributed by atoms with Crippen LogP contribution in [0.25, 0.3) is 0 Å². The third-order valence-electron chi connectivity index (χ3n) is 3.36. The summed E-state index contributed by atoms with van der Waals surface area (Å²) in [5.74, 6) is 1.65. The Kier molecular flexibility index (Phi) is 5.89. The highest BCUT2D eigenvalue weighted by Crippen LogP contribution is 2.36. The van der Waals surface area contributed by atoms with Crippen LogP contribution in [0.3, 0.4) is 0 Å². The van der Waals surface area contributed by atoms with Crippen molar-refractivity contribution in [3.8, 4) is 23.0 Å². The molecule has 0 saturated heterocycles. The molecule has 0 fully saturated rings. The molecular weight excluding hydrogens is 310 g/mol. The molecule has 128 valence electrons. The smallest absolute Gasteiger partial charge is 0.262 e. The third-order valence-corrected chi connectivity index (χ3v) is 3.36. The summed E-state index contributed by atoms with van der Waals surface area (Å²) in [5, 5.41) is 2.78. The van der Waals surface area contributed by atoms with E-state index in [1.807, 2.05) is 19.1 Å². The number of carbonyl (C=O) groups is 1. The molecule has 0 aliphatic rings. The summed E-state index contributed by atoms with van der Waals surface area (Å²) in [6.45, 7) is 1.75. The van der Waals surface area contributed by atoms with Crippen LogP contribution in [0.1, 0.15) is 5.56 Å². The Bertz CT molecular complexity index is 692. The Labute approximate surface area is 141 Å². The number of aryl methyl sites for hydroxylation is 1. The van der Waals surface area contributed by atoms with Gasteiger partial charge in [-0.05, 0) is 36.8 Å². The maximum atomic E-state index is 12.2. The SMILES string of the molecule is COc1ccc(C)cc1NC(=O)COc1c(OC)cccc1OC. The second-order valence-corrected chi connectivity index (χ2v) is 5.03. The average Bonchev–Trinajstić information content (AvgIpc) is 2.59. The van der Waals surface area contributed by atoms with E-state index in [1.165, 1.54) is 14.2 Å². The second kappa shape index (κ2) is 8.10. The van der Waals surface area contributed by atoms with Crippen molar-refractivity contribution in [2.24, 2.45) is 0 Å². The number of rotatable bonds is 7. The van der Waals surface area contributed by atoms with Crippen LogP contribution in [0.4, 0.5) is 5.69 Å². The number of nitrogens with one attached hydrogen (secondary N) is 1. The molecule has 6 nitrogen and oxygen atoms in total. The molecule has 0 heterocycles. The molecule has 6 heteroatoms. The normalized spacial score (nSPS) is 10.0. The fraction of sp³-hybridized carbons (Fsp3) is 0.278. The fourth-order valence-electron chi connectivity index (χ4n) is 2.20. The van der Waals surface area contributed by atoms with E-state index in [1.54, 1.807) is 31.4 Å². The highest BCUT2D eigenvalue weighted by Gasteiger charge is 2.14. The number of anilines is 1. The zero-order valence-corrected chi connectivity index (χ0v) is 14.2. The molecule has 2 rings (SSSR count). The molecule has 0 unspecified atom stereocenters. The Morgan fingerprint density at radius 2 is 1.58 bits per heavy atom. The van der Waals surface area contributed by atoms with Gasteiger partial charge in [0.25, 0.3) is 5.91 Å². The van der Waals surface area contributed by atoms with Gasteiger partial charge in [0.05, 0.1) is 27.0 Å². The van der Waals surface area contributed by atoms with Gasteiger partial charge in [-0.1, -0.05) is 12.1 Å². The molecule has 0 aliphatic heterocycles. The van der Waals surface area contributed by atoms with Crippen molar-refractivity contribution >= 4 is 11.6 Å². The van der Waals surface area contributed by atoms with E-state index in [-0.39, 0.29) is 12.5 Å². The molecule has 0 radical (unpaired) electrons. The van der Waals surface area contributed by atoms with Crippen LogP contribution in [-0.4, -0.2) is 33.8 Å². The van der Waals surface area contributed by atoms with Gasteiger partial charge in [0.15, 0.2) is 18.1 Å². The molecule has 1 N–H and O–H groups in total. The first-order chi connectivity index (χ1) is 11.6. The van der Waals surface area contributed by atoms with Crippen LogP contribution in [0.15, 0.2) is 36.4 Å². The Morgan fingerprint density at radius 1 is 0.958 bits per heavy atom. The summed E-state index contributed by atoms with van der Waals surface area (Å²) in [4.78, 5) is 12.2. The third kappa shape index (κ3) is 4.10. The topological polar surface area (TPSA) is 66.0 Å². The maximum Gasteiger partial charge on any atom is 0.262 e. The predicted octanol–water partition coefficient (Wildman–Crippen LogP) is 3.04. The molecule has 0 spiro atoms. The largest absolute Gasteiger partial charge is 0.495 e. The number of hydrogen-bond acceptors (Lipinski definition) is 5. The van der Waals surface area contributed by atoms with Gasteiger partial charge in [0.2, 0.25) is 5.75 Å². The number of ether oxygens (including phenoxy) is 4. The van der Waals surface area contributed by atoms with Crippen LogP contribution in [0, 0.1) is 6.92 Å². The predicted molar refractivity (Wildman–Crippen MR) is 91.4 cm³/mol. The Hall–Kier alpha value is -2.89. The Balaban J connectivity index is 2.08. The number of methoxy groups -OCH3 is 3. The average molecular weight is 331 g/mol. The zero-order chi connectivity index (χ0) is 17.5. The van der Waals surface area contributed by atoms with Crippen LogP contribution >= 0.6 is 0 Å². The molecule has 2 aromatic carbocycles. The monoisotopic (exact) mass is 331 g/mol. The molecule has 2 aromatic rings. The first kappa shape index (κ1) is 17.5. The van der Waals surface area contributed by atoms with Crippen LogP contribution in [-0.2, 0) is 4.79 Å². The van der Waals surface area contributed by atoms with Gasteiger partial charge in [0, 0.05) is 0 Å². The minimum absolute atomic E-state index is 0.187. The van der Waals surface area contributed by atoms with Gasteiger partial charge in [-0.3, -0.25) is 4.79 Å². The molecule has 0 aromatic heterocycles. The van der Waals surface area contributed by atoms with Crippen LogP contribution in [0.2, 0.25) is 0 Å². The number of amides is 1. The lowest BCUT2D eigenvalue weighted by atomic mass is 10.2. The summed E-state index contributed by atoms with van der Waals surface area (Å²) in [7, 11) is 4.61. The molecule has 1 amide bonds. The van der Waals surface area contributed by atoms with Crippen molar-refractivity contribution in [2.75, 3.05) is 33.3 Å². The van der Waals surface area contributed by atoms with Gasteiger partial charge in [-0.2, -0.15) is 0 Å². The van der Waals surface area contributed by atoms with E-state index in [0.29, 0.717) is 28.7 Å². The summed E-state index contributed by atoms with van der Waals surface area (Å²) >= 11 is 0. The highest BCUT2D eigenvalue weighted by atomic mass is 16.5. The van der Waals surface area contributed by atoms with Gasteiger partial charge in [0.1, 0.15) is 5.75 Å². The standard InChI is InChI=1S/C18H21NO5/c1-12-8-9-14(21-2)13(10-12)19-17(20)11-24-18-15(22-3)6-5-7-16(18)23-4/h5-10H,11H2,1-4H3,(H,19,20).